The normalized spacial score (nSPS) is 12.9. The van der Waals surface area contributed by atoms with Crippen LogP contribution in [0.15, 0.2) is 22.7 Å². The van der Waals surface area contributed by atoms with Crippen LogP contribution < -0.4 is 4.74 Å². The van der Waals surface area contributed by atoms with Crippen LogP contribution in [0.2, 0.25) is 0 Å². The molecule has 0 unspecified atom stereocenters. The van der Waals surface area contributed by atoms with Crippen molar-refractivity contribution in [2.75, 3.05) is 6.61 Å². The van der Waals surface area contributed by atoms with Gasteiger partial charge in [0.05, 0.1) is 12.7 Å². The van der Waals surface area contributed by atoms with Crippen molar-refractivity contribution in [1.29, 1.82) is 0 Å². The van der Waals surface area contributed by atoms with Gasteiger partial charge in [0.15, 0.2) is 0 Å². The average Bonchev–Trinajstić information content (AvgIpc) is 2.15. The van der Waals surface area contributed by atoms with Gasteiger partial charge in [0, 0.05) is 10.0 Å². The molecule has 0 saturated carbocycles. The predicted molar refractivity (Wildman–Crippen MR) is 65.1 cm³/mol. The zero-order valence-corrected chi connectivity index (χ0v) is 10.9. The highest BCUT2D eigenvalue weighted by molar-refractivity contribution is 9.10. The van der Waals surface area contributed by atoms with Gasteiger partial charge in [-0.05, 0) is 31.0 Å². The van der Waals surface area contributed by atoms with Crippen LogP contribution in [0.3, 0.4) is 0 Å². The maximum atomic E-state index is 9.59. The monoisotopic (exact) mass is 272 g/mol. The molecule has 2 nitrogen and oxygen atoms in total. The van der Waals surface area contributed by atoms with E-state index in [-0.39, 0.29) is 0 Å². The average molecular weight is 273 g/mol. The molecule has 1 N–H and O–H groups in total. The van der Waals surface area contributed by atoms with Gasteiger partial charge in [-0.25, -0.2) is 0 Å². The summed E-state index contributed by atoms with van der Waals surface area (Å²) >= 11 is 3.38. The van der Waals surface area contributed by atoms with E-state index in [9.17, 15) is 5.11 Å². The van der Waals surface area contributed by atoms with Crippen LogP contribution in [-0.4, -0.2) is 11.7 Å². The van der Waals surface area contributed by atoms with Gasteiger partial charge in [-0.3, -0.25) is 0 Å². The Morgan fingerprint density at radius 3 is 2.53 bits per heavy atom. The predicted octanol–water partition coefficient (Wildman–Crippen LogP) is 3.54. The minimum atomic E-state index is -0.510. The van der Waals surface area contributed by atoms with E-state index in [1.807, 2.05) is 18.2 Å². The first-order chi connectivity index (χ1) is 7.00. The third kappa shape index (κ3) is 3.84. The number of hydrogen-bond acceptors (Lipinski definition) is 2. The lowest BCUT2D eigenvalue weighted by molar-refractivity contribution is 0.188. The number of aliphatic hydroxyl groups is 1. The van der Waals surface area contributed by atoms with Crippen LogP contribution >= 0.6 is 15.9 Å². The fourth-order valence-corrected chi connectivity index (χ4v) is 1.61. The summed E-state index contributed by atoms with van der Waals surface area (Å²) in [4.78, 5) is 0. The zero-order chi connectivity index (χ0) is 11.4. The summed E-state index contributed by atoms with van der Waals surface area (Å²) in [5, 5.41) is 9.59. The molecule has 1 aromatic rings. The van der Waals surface area contributed by atoms with Crippen molar-refractivity contribution in [2.45, 2.75) is 26.9 Å². The molecule has 0 aliphatic heterocycles. The SMILES string of the molecule is CC(C)COc1ccc(Br)cc1[C@@H](C)O. The van der Waals surface area contributed by atoms with Gasteiger partial charge < -0.3 is 9.84 Å². The smallest absolute Gasteiger partial charge is 0.125 e. The Bertz CT molecular complexity index is 321. The fraction of sp³-hybridized carbons (Fsp3) is 0.500. The van der Waals surface area contributed by atoms with Crippen molar-refractivity contribution in [1.82, 2.24) is 0 Å². The van der Waals surface area contributed by atoms with E-state index < -0.39 is 6.10 Å². The van der Waals surface area contributed by atoms with Crippen LogP contribution in [0.4, 0.5) is 0 Å². The van der Waals surface area contributed by atoms with Gasteiger partial charge in [0.1, 0.15) is 5.75 Å². The highest BCUT2D eigenvalue weighted by atomic mass is 79.9. The molecule has 0 spiro atoms. The minimum Gasteiger partial charge on any atom is -0.493 e. The lowest BCUT2D eigenvalue weighted by Gasteiger charge is -2.15. The molecule has 0 fully saturated rings. The molecule has 0 saturated heterocycles. The molecule has 0 aliphatic carbocycles. The lowest BCUT2D eigenvalue weighted by atomic mass is 10.1. The molecule has 3 heteroatoms. The Labute approximate surface area is 99.4 Å². The Kier molecular flexibility index (Phi) is 4.61. The third-order valence-electron chi connectivity index (χ3n) is 1.99. The molecule has 84 valence electrons. The van der Waals surface area contributed by atoms with E-state index >= 15 is 0 Å². The van der Waals surface area contributed by atoms with Crippen molar-refractivity contribution < 1.29 is 9.84 Å². The second-order valence-corrected chi connectivity index (χ2v) is 4.98. The van der Waals surface area contributed by atoms with E-state index in [1.165, 1.54) is 0 Å². The summed E-state index contributed by atoms with van der Waals surface area (Å²) in [5.74, 6) is 1.25. The largest absolute Gasteiger partial charge is 0.493 e. The van der Waals surface area contributed by atoms with Crippen molar-refractivity contribution in [2.24, 2.45) is 5.92 Å². The first-order valence-corrected chi connectivity index (χ1v) is 5.90. The van der Waals surface area contributed by atoms with Crippen molar-refractivity contribution in [3.63, 3.8) is 0 Å². The molecule has 0 radical (unpaired) electrons. The molecule has 0 aromatic heterocycles. The molecule has 0 aliphatic rings. The van der Waals surface area contributed by atoms with Gasteiger partial charge in [-0.15, -0.1) is 0 Å². The van der Waals surface area contributed by atoms with Gasteiger partial charge in [-0.2, -0.15) is 0 Å². The van der Waals surface area contributed by atoms with Gasteiger partial charge in [0.25, 0.3) is 0 Å². The second kappa shape index (κ2) is 5.52. The van der Waals surface area contributed by atoms with Crippen molar-refractivity contribution >= 4 is 15.9 Å². The number of hydrogen-bond donors (Lipinski definition) is 1. The van der Waals surface area contributed by atoms with E-state index in [0.717, 1.165) is 15.8 Å². The zero-order valence-electron chi connectivity index (χ0n) is 9.33. The molecule has 1 rings (SSSR count). The minimum absolute atomic E-state index is 0.482. The van der Waals surface area contributed by atoms with E-state index in [2.05, 4.69) is 29.8 Å². The summed E-state index contributed by atoms with van der Waals surface area (Å²) in [5.41, 5.74) is 0.824. The topological polar surface area (TPSA) is 29.5 Å². The molecule has 0 amide bonds. The van der Waals surface area contributed by atoms with Crippen LogP contribution in [0.25, 0.3) is 0 Å². The molecular weight excluding hydrogens is 256 g/mol. The third-order valence-corrected chi connectivity index (χ3v) is 2.49. The van der Waals surface area contributed by atoms with Crippen LogP contribution in [0.1, 0.15) is 32.4 Å². The molecule has 0 heterocycles. The van der Waals surface area contributed by atoms with Crippen molar-refractivity contribution in [3.8, 4) is 5.75 Å². The first kappa shape index (κ1) is 12.5. The molecular formula is C12H17BrO2. The quantitative estimate of drug-likeness (QED) is 0.909. The van der Waals surface area contributed by atoms with E-state index in [0.29, 0.717) is 12.5 Å². The van der Waals surface area contributed by atoms with Crippen LogP contribution in [0, 0.1) is 5.92 Å². The van der Waals surface area contributed by atoms with Crippen LogP contribution in [0.5, 0.6) is 5.75 Å². The highest BCUT2D eigenvalue weighted by Crippen LogP contribution is 2.28. The summed E-state index contributed by atoms with van der Waals surface area (Å²) in [6.45, 7) is 6.60. The second-order valence-electron chi connectivity index (χ2n) is 4.06. The summed E-state index contributed by atoms with van der Waals surface area (Å²) in [6, 6.07) is 5.69. The van der Waals surface area contributed by atoms with E-state index in [4.69, 9.17) is 4.74 Å². The number of ether oxygens (including phenoxy) is 1. The highest BCUT2D eigenvalue weighted by Gasteiger charge is 2.10. The number of benzene rings is 1. The summed E-state index contributed by atoms with van der Waals surface area (Å²) in [7, 11) is 0. The number of aliphatic hydroxyl groups excluding tert-OH is 1. The molecule has 15 heavy (non-hydrogen) atoms. The first-order valence-electron chi connectivity index (χ1n) is 5.11. The Morgan fingerprint density at radius 1 is 1.33 bits per heavy atom. The molecule has 0 bridgehead atoms. The van der Waals surface area contributed by atoms with Gasteiger partial charge in [-0.1, -0.05) is 29.8 Å². The Morgan fingerprint density at radius 2 is 2.00 bits per heavy atom. The maximum absolute atomic E-state index is 9.59. The molecule has 1 aromatic carbocycles. The number of halogens is 1. The Hall–Kier alpha value is -0.540. The lowest BCUT2D eigenvalue weighted by Crippen LogP contribution is -2.07. The summed E-state index contributed by atoms with van der Waals surface area (Å²) in [6.07, 6.45) is -0.510. The van der Waals surface area contributed by atoms with Gasteiger partial charge >= 0.3 is 0 Å². The van der Waals surface area contributed by atoms with Gasteiger partial charge in [0.2, 0.25) is 0 Å². The maximum Gasteiger partial charge on any atom is 0.125 e. The van der Waals surface area contributed by atoms with E-state index in [1.54, 1.807) is 6.92 Å². The van der Waals surface area contributed by atoms with Crippen molar-refractivity contribution in [3.05, 3.63) is 28.2 Å². The Balaban J connectivity index is 2.86. The van der Waals surface area contributed by atoms with Crippen LogP contribution in [-0.2, 0) is 0 Å². The summed E-state index contributed by atoms with van der Waals surface area (Å²) < 4.78 is 6.59. The standard InChI is InChI=1S/C12H17BrO2/c1-8(2)7-15-12-5-4-10(13)6-11(12)9(3)14/h4-6,8-9,14H,7H2,1-3H3/t9-/m1/s1. The fourth-order valence-electron chi connectivity index (χ4n) is 1.23. The molecule has 1 atom stereocenters. The number of rotatable bonds is 4.